The van der Waals surface area contributed by atoms with Gasteiger partial charge in [-0.1, -0.05) is 13.8 Å². The van der Waals surface area contributed by atoms with E-state index in [-0.39, 0.29) is 12.4 Å². The van der Waals surface area contributed by atoms with Gasteiger partial charge >= 0.3 is 0 Å². The van der Waals surface area contributed by atoms with Crippen molar-refractivity contribution in [3.05, 3.63) is 0 Å². The number of halogens is 1. The number of likely N-dealkylation sites (tertiary alicyclic amines) is 1. The van der Waals surface area contributed by atoms with E-state index in [1.54, 1.807) is 0 Å². The van der Waals surface area contributed by atoms with Crippen LogP contribution in [0.15, 0.2) is 0 Å². The molecule has 0 bridgehead atoms. The van der Waals surface area contributed by atoms with Crippen molar-refractivity contribution in [1.82, 2.24) is 10.2 Å². The van der Waals surface area contributed by atoms with Crippen molar-refractivity contribution < 1.29 is 4.74 Å². The minimum Gasteiger partial charge on any atom is -0.378 e. The number of nitrogens with one attached hydrogen (secondary N) is 1. The Hall–Kier alpha value is 0.170. The summed E-state index contributed by atoms with van der Waals surface area (Å²) in [6.07, 6.45) is 5.72. The van der Waals surface area contributed by atoms with Gasteiger partial charge in [0.15, 0.2) is 0 Å². The lowest BCUT2D eigenvalue weighted by atomic mass is 9.96. The first-order valence-electron chi connectivity index (χ1n) is 7.78. The van der Waals surface area contributed by atoms with Gasteiger partial charge in [0, 0.05) is 26.2 Å². The minimum absolute atomic E-state index is 0. The van der Waals surface area contributed by atoms with E-state index in [4.69, 9.17) is 4.74 Å². The molecule has 0 unspecified atom stereocenters. The predicted molar refractivity (Wildman–Crippen MR) is 83.1 cm³/mol. The third-order valence-corrected chi connectivity index (χ3v) is 4.17. The first-order valence-corrected chi connectivity index (χ1v) is 7.78. The van der Waals surface area contributed by atoms with E-state index in [9.17, 15) is 0 Å². The second-order valence-corrected chi connectivity index (χ2v) is 6.42. The zero-order valence-corrected chi connectivity index (χ0v) is 13.4. The number of rotatable bonds is 5. The largest absolute Gasteiger partial charge is 0.378 e. The van der Waals surface area contributed by atoms with Gasteiger partial charge < -0.3 is 15.0 Å². The van der Waals surface area contributed by atoms with Crippen molar-refractivity contribution in [3.8, 4) is 0 Å². The Morgan fingerprint density at radius 3 is 2.32 bits per heavy atom. The topological polar surface area (TPSA) is 24.5 Å². The summed E-state index contributed by atoms with van der Waals surface area (Å²) in [5, 5.41) is 3.45. The standard InChI is InChI=1S/C15H30N2O.ClH/c1-13(2)12-18-15-5-9-17(10-6-15)11-14-3-7-16-8-4-14;/h13-16H,3-12H2,1-2H3;1H. The fraction of sp³-hybridized carbons (Fsp3) is 1.00. The maximum Gasteiger partial charge on any atom is 0.0599 e. The van der Waals surface area contributed by atoms with Crippen molar-refractivity contribution >= 4 is 12.4 Å². The van der Waals surface area contributed by atoms with Gasteiger partial charge in [0.2, 0.25) is 0 Å². The van der Waals surface area contributed by atoms with Crippen LogP contribution in [0.4, 0.5) is 0 Å². The molecule has 3 nitrogen and oxygen atoms in total. The second kappa shape index (κ2) is 9.17. The highest BCUT2D eigenvalue weighted by atomic mass is 35.5. The Labute approximate surface area is 124 Å². The van der Waals surface area contributed by atoms with Crippen molar-refractivity contribution in [1.29, 1.82) is 0 Å². The number of ether oxygens (including phenoxy) is 1. The summed E-state index contributed by atoms with van der Waals surface area (Å²) < 4.78 is 5.95. The molecule has 0 radical (unpaired) electrons. The average Bonchev–Trinajstić information content (AvgIpc) is 2.39. The number of hydrogen-bond acceptors (Lipinski definition) is 3. The highest BCUT2D eigenvalue weighted by Gasteiger charge is 2.23. The summed E-state index contributed by atoms with van der Waals surface area (Å²) in [7, 11) is 0. The first-order chi connectivity index (χ1) is 8.74. The Morgan fingerprint density at radius 1 is 1.11 bits per heavy atom. The smallest absolute Gasteiger partial charge is 0.0599 e. The van der Waals surface area contributed by atoms with Crippen LogP contribution in [0, 0.1) is 11.8 Å². The quantitative estimate of drug-likeness (QED) is 0.842. The molecule has 0 saturated carbocycles. The van der Waals surface area contributed by atoms with E-state index in [0.29, 0.717) is 12.0 Å². The average molecular weight is 291 g/mol. The van der Waals surface area contributed by atoms with Gasteiger partial charge in [-0.05, 0) is 50.6 Å². The lowest BCUT2D eigenvalue weighted by molar-refractivity contribution is -0.00757. The van der Waals surface area contributed by atoms with Crippen LogP contribution in [0.2, 0.25) is 0 Å². The molecule has 0 amide bonds. The maximum atomic E-state index is 5.95. The summed E-state index contributed by atoms with van der Waals surface area (Å²) in [5.41, 5.74) is 0. The third-order valence-electron chi connectivity index (χ3n) is 4.17. The Kier molecular flexibility index (Phi) is 8.31. The maximum absolute atomic E-state index is 5.95. The van der Waals surface area contributed by atoms with Gasteiger partial charge in [-0.15, -0.1) is 12.4 Å². The van der Waals surface area contributed by atoms with Gasteiger partial charge in [-0.3, -0.25) is 0 Å². The molecule has 4 heteroatoms. The lowest BCUT2D eigenvalue weighted by Crippen LogP contribution is -2.42. The third kappa shape index (κ3) is 6.44. The summed E-state index contributed by atoms with van der Waals surface area (Å²) in [5.74, 6) is 1.59. The van der Waals surface area contributed by atoms with Crippen LogP contribution >= 0.6 is 12.4 Å². The molecule has 2 rings (SSSR count). The zero-order valence-electron chi connectivity index (χ0n) is 12.6. The van der Waals surface area contributed by atoms with E-state index in [1.165, 1.54) is 58.4 Å². The number of hydrogen-bond donors (Lipinski definition) is 1. The molecular weight excluding hydrogens is 260 g/mol. The van der Waals surface area contributed by atoms with Crippen LogP contribution in [0.1, 0.15) is 39.5 Å². The number of nitrogens with zero attached hydrogens (tertiary/aromatic N) is 1. The normalized spacial score (nSPS) is 23.5. The van der Waals surface area contributed by atoms with Gasteiger partial charge in [-0.25, -0.2) is 0 Å². The fourth-order valence-electron chi connectivity index (χ4n) is 3.02. The molecular formula is C15H31ClN2O. The van der Waals surface area contributed by atoms with Crippen LogP contribution < -0.4 is 5.32 Å². The molecule has 2 fully saturated rings. The second-order valence-electron chi connectivity index (χ2n) is 6.42. The monoisotopic (exact) mass is 290 g/mol. The lowest BCUT2D eigenvalue weighted by Gasteiger charge is -2.35. The van der Waals surface area contributed by atoms with Gasteiger partial charge in [0.25, 0.3) is 0 Å². The van der Waals surface area contributed by atoms with Crippen molar-refractivity contribution in [2.75, 3.05) is 39.3 Å². The highest BCUT2D eigenvalue weighted by molar-refractivity contribution is 5.85. The van der Waals surface area contributed by atoms with Crippen LogP contribution in [0.25, 0.3) is 0 Å². The Morgan fingerprint density at radius 2 is 1.74 bits per heavy atom. The molecule has 0 atom stereocenters. The zero-order chi connectivity index (χ0) is 12.8. The summed E-state index contributed by atoms with van der Waals surface area (Å²) >= 11 is 0. The predicted octanol–water partition coefficient (Wildman–Crippen LogP) is 2.54. The fourth-order valence-corrected chi connectivity index (χ4v) is 3.02. The summed E-state index contributed by atoms with van der Waals surface area (Å²) in [4.78, 5) is 2.66. The molecule has 0 aliphatic carbocycles. The number of piperidine rings is 2. The molecule has 19 heavy (non-hydrogen) atoms. The summed E-state index contributed by atoms with van der Waals surface area (Å²) in [6, 6.07) is 0. The highest BCUT2D eigenvalue weighted by Crippen LogP contribution is 2.19. The van der Waals surface area contributed by atoms with Crippen LogP contribution in [0.5, 0.6) is 0 Å². The van der Waals surface area contributed by atoms with Crippen LogP contribution in [-0.2, 0) is 4.74 Å². The van der Waals surface area contributed by atoms with Crippen molar-refractivity contribution in [2.45, 2.75) is 45.6 Å². The van der Waals surface area contributed by atoms with E-state index in [2.05, 4.69) is 24.1 Å². The van der Waals surface area contributed by atoms with E-state index in [1.807, 2.05) is 0 Å². The molecule has 2 heterocycles. The van der Waals surface area contributed by atoms with Crippen LogP contribution in [0.3, 0.4) is 0 Å². The molecule has 0 spiro atoms. The van der Waals surface area contributed by atoms with Gasteiger partial charge in [-0.2, -0.15) is 0 Å². The van der Waals surface area contributed by atoms with Crippen LogP contribution in [-0.4, -0.2) is 50.3 Å². The molecule has 2 saturated heterocycles. The molecule has 0 aromatic rings. The van der Waals surface area contributed by atoms with Gasteiger partial charge in [0.1, 0.15) is 0 Å². The van der Waals surface area contributed by atoms with Crippen molar-refractivity contribution in [3.63, 3.8) is 0 Å². The molecule has 0 aromatic heterocycles. The van der Waals surface area contributed by atoms with E-state index < -0.39 is 0 Å². The van der Waals surface area contributed by atoms with E-state index in [0.717, 1.165) is 12.5 Å². The summed E-state index contributed by atoms with van der Waals surface area (Å²) in [6.45, 7) is 11.6. The minimum atomic E-state index is 0. The van der Waals surface area contributed by atoms with Gasteiger partial charge in [0.05, 0.1) is 6.10 Å². The molecule has 2 aliphatic heterocycles. The van der Waals surface area contributed by atoms with E-state index >= 15 is 0 Å². The molecule has 2 aliphatic rings. The molecule has 0 aromatic carbocycles. The first kappa shape index (κ1) is 17.2. The Bertz CT molecular complexity index is 224. The molecule has 1 N–H and O–H groups in total. The van der Waals surface area contributed by atoms with Crippen molar-refractivity contribution in [2.24, 2.45) is 11.8 Å². The Balaban J connectivity index is 0.00000180. The SMILES string of the molecule is CC(C)COC1CCN(CC2CCNCC2)CC1.Cl. The molecule has 114 valence electrons.